The van der Waals surface area contributed by atoms with E-state index in [1.807, 2.05) is 38.1 Å². The number of imide groups is 1. The van der Waals surface area contributed by atoms with Gasteiger partial charge in [0.25, 0.3) is 11.8 Å². The monoisotopic (exact) mass is 462 g/mol. The van der Waals surface area contributed by atoms with Crippen molar-refractivity contribution in [2.75, 3.05) is 23.9 Å². The molecule has 0 aromatic heterocycles. The number of methoxy groups -OCH3 is 1. The summed E-state index contributed by atoms with van der Waals surface area (Å²) in [6.07, 6.45) is 0. The first-order valence-corrected chi connectivity index (χ1v) is 10.8. The Labute approximate surface area is 197 Å². The zero-order valence-corrected chi connectivity index (χ0v) is 19.3. The van der Waals surface area contributed by atoms with Gasteiger partial charge in [0.1, 0.15) is 17.2 Å². The van der Waals surface area contributed by atoms with E-state index in [1.54, 1.807) is 42.5 Å². The Balaban J connectivity index is 1.76. The van der Waals surface area contributed by atoms with Gasteiger partial charge in [0, 0.05) is 5.69 Å². The smallest absolute Gasteiger partial charge is 0.282 e. The second-order valence-corrected chi connectivity index (χ2v) is 7.87. The molecule has 3 aromatic carbocycles. The molecule has 0 fully saturated rings. The zero-order chi connectivity index (χ0) is 23.5. The molecule has 33 heavy (non-hydrogen) atoms. The lowest BCUT2D eigenvalue weighted by Crippen LogP contribution is -2.32. The summed E-state index contributed by atoms with van der Waals surface area (Å²) in [5.41, 5.74) is 3.21. The molecule has 7 heteroatoms. The molecular weight excluding hydrogens is 440 g/mol. The second-order valence-electron chi connectivity index (χ2n) is 7.46. The van der Waals surface area contributed by atoms with Crippen LogP contribution in [-0.2, 0) is 9.59 Å². The summed E-state index contributed by atoms with van der Waals surface area (Å²) in [7, 11) is 1.50. The minimum atomic E-state index is -0.467. The van der Waals surface area contributed by atoms with Gasteiger partial charge in [0.05, 0.1) is 30.0 Å². The third-order valence-corrected chi connectivity index (χ3v) is 5.55. The molecule has 0 saturated carbocycles. The Morgan fingerprint density at radius 1 is 0.939 bits per heavy atom. The SMILES string of the molecule is CCOc1ccc(NC2=C(c3ccc(C)cc3)C(=O)N(c3ccc(OC)c(Cl)c3)C2=O)cc1. The van der Waals surface area contributed by atoms with Gasteiger partial charge in [0.2, 0.25) is 0 Å². The minimum Gasteiger partial charge on any atom is -0.495 e. The van der Waals surface area contributed by atoms with Crippen molar-refractivity contribution in [3.05, 3.63) is 88.6 Å². The van der Waals surface area contributed by atoms with Crippen molar-refractivity contribution in [1.82, 2.24) is 0 Å². The number of hydrogen-bond acceptors (Lipinski definition) is 5. The van der Waals surface area contributed by atoms with Crippen molar-refractivity contribution in [1.29, 1.82) is 0 Å². The van der Waals surface area contributed by atoms with Crippen LogP contribution in [0.5, 0.6) is 11.5 Å². The highest BCUT2D eigenvalue weighted by Crippen LogP contribution is 2.36. The quantitative estimate of drug-likeness (QED) is 0.473. The largest absolute Gasteiger partial charge is 0.495 e. The summed E-state index contributed by atoms with van der Waals surface area (Å²) in [5.74, 6) is 0.280. The molecule has 1 aliphatic rings. The molecular formula is C26H23ClN2O4. The molecule has 3 aromatic rings. The summed E-state index contributed by atoms with van der Waals surface area (Å²) in [6.45, 7) is 4.43. The molecule has 1 heterocycles. The van der Waals surface area contributed by atoms with E-state index in [9.17, 15) is 9.59 Å². The van der Waals surface area contributed by atoms with Crippen molar-refractivity contribution in [2.24, 2.45) is 0 Å². The van der Waals surface area contributed by atoms with Gasteiger partial charge in [0.15, 0.2) is 0 Å². The van der Waals surface area contributed by atoms with Crippen LogP contribution in [0.25, 0.3) is 5.57 Å². The van der Waals surface area contributed by atoms with Crippen LogP contribution in [0.2, 0.25) is 5.02 Å². The Hall–Kier alpha value is -3.77. The lowest BCUT2D eigenvalue weighted by atomic mass is 10.0. The summed E-state index contributed by atoms with van der Waals surface area (Å²) < 4.78 is 10.7. The Morgan fingerprint density at radius 2 is 1.64 bits per heavy atom. The van der Waals surface area contributed by atoms with Gasteiger partial charge >= 0.3 is 0 Å². The predicted molar refractivity (Wildman–Crippen MR) is 130 cm³/mol. The minimum absolute atomic E-state index is 0.194. The summed E-state index contributed by atoms with van der Waals surface area (Å²) >= 11 is 6.27. The molecule has 0 unspecified atom stereocenters. The number of benzene rings is 3. The van der Waals surface area contributed by atoms with Gasteiger partial charge in [-0.3, -0.25) is 9.59 Å². The zero-order valence-electron chi connectivity index (χ0n) is 18.5. The van der Waals surface area contributed by atoms with E-state index in [1.165, 1.54) is 7.11 Å². The molecule has 0 bridgehead atoms. The lowest BCUT2D eigenvalue weighted by molar-refractivity contribution is -0.120. The van der Waals surface area contributed by atoms with Crippen molar-refractivity contribution in [3.63, 3.8) is 0 Å². The highest BCUT2D eigenvalue weighted by molar-refractivity contribution is 6.46. The maximum Gasteiger partial charge on any atom is 0.282 e. The molecule has 2 amide bonds. The second kappa shape index (κ2) is 9.38. The van der Waals surface area contributed by atoms with E-state index in [0.29, 0.717) is 39.9 Å². The van der Waals surface area contributed by atoms with E-state index in [4.69, 9.17) is 21.1 Å². The molecule has 0 spiro atoms. The number of aryl methyl sites for hydroxylation is 1. The highest BCUT2D eigenvalue weighted by Gasteiger charge is 2.40. The first-order valence-electron chi connectivity index (χ1n) is 10.5. The number of ether oxygens (including phenoxy) is 2. The van der Waals surface area contributed by atoms with Crippen LogP contribution in [0.4, 0.5) is 11.4 Å². The third kappa shape index (κ3) is 4.43. The van der Waals surface area contributed by atoms with Gasteiger partial charge in [-0.2, -0.15) is 0 Å². The average Bonchev–Trinajstić information content (AvgIpc) is 3.05. The van der Waals surface area contributed by atoms with Crippen LogP contribution in [0.3, 0.4) is 0 Å². The number of halogens is 1. The van der Waals surface area contributed by atoms with Gasteiger partial charge < -0.3 is 14.8 Å². The lowest BCUT2D eigenvalue weighted by Gasteiger charge is -2.16. The number of carbonyl (C=O) groups is 2. The highest BCUT2D eigenvalue weighted by atomic mass is 35.5. The normalized spacial score (nSPS) is 13.5. The molecule has 1 aliphatic heterocycles. The van der Waals surface area contributed by atoms with E-state index < -0.39 is 11.8 Å². The maximum atomic E-state index is 13.5. The number of carbonyl (C=O) groups excluding carboxylic acids is 2. The predicted octanol–water partition coefficient (Wildman–Crippen LogP) is 5.45. The van der Waals surface area contributed by atoms with Crippen molar-refractivity contribution >= 4 is 40.4 Å². The topological polar surface area (TPSA) is 67.9 Å². The molecule has 0 saturated heterocycles. The van der Waals surface area contributed by atoms with Crippen LogP contribution in [0.1, 0.15) is 18.1 Å². The van der Waals surface area contributed by atoms with Crippen molar-refractivity contribution in [2.45, 2.75) is 13.8 Å². The number of nitrogens with one attached hydrogen (secondary N) is 1. The van der Waals surface area contributed by atoms with Crippen LogP contribution in [-0.4, -0.2) is 25.5 Å². The number of nitrogens with zero attached hydrogens (tertiary/aromatic N) is 1. The van der Waals surface area contributed by atoms with Crippen LogP contribution < -0.4 is 19.7 Å². The third-order valence-electron chi connectivity index (χ3n) is 5.25. The molecule has 6 nitrogen and oxygen atoms in total. The average molecular weight is 463 g/mol. The standard InChI is InChI=1S/C26H23ClN2O4/c1-4-33-20-12-9-18(10-13-20)28-24-23(17-7-5-16(2)6-8-17)25(30)29(26(24)31)19-11-14-22(32-3)21(27)15-19/h5-15,28H,4H2,1-3H3. The fourth-order valence-corrected chi connectivity index (χ4v) is 3.86. The van der Waals surface area contributed by atoms with Crippen molar-refractivity contribution in [3.8, 4) is 11.5 Å². The van der Waals surface area contributed by atoms with Gasteiger partial charge in [-0.05, 0) is 61.9 Å². The molecule has 4 rings (SSSR count). The Bertz CT molecular complexity index is 1230. The number of hydrogen-bond donors (Lipinski definition) is 1. The Morgan fingerprint density at radius 3 is 2.24 bits per heavy atom. The van der Waals surface area contributed by atoms with Crippen LogP contribution >= 0.6 is 11.6 Å². The Kier molecular flexibility index (Phi) is 6.38. The van der Waals surface area contributed by atoms with Crippen molar-refractivity contribution < 1.29 is 19.1 Å². The van der Waals surface area contributed by atoms with Gasteiger partial charge in [-0.25, -0.2) is 4.90 Å². The summed E-state index contributed by atoms with van der Waals surface area (Å²) in [4.78, 5) is 28.1. The molecule has 1 N–H and O–H groups in total. The fourth-order valence-electron chi connectivity index (χ4n) is 3.61. The van der Waals surface area contributed by atoms with E-state index in [0.717, 1.165) is 16.2 Å². The van der Waals surface area contributed by atoms with Crippen LogP contribution in [0.15, 0.2) is 72.4 Å². The van der Waals surface area contributed by atoms with Gasteiger partial charge in [-0.15, -0.1) is 0 Å². The molecule has 0 radical (unpaired) electrons. The summed E-state index contributed by atoms with van der Waals surface area (Å²) in [6, 6.07) is 19.5. The van der Waals surface area contributed by atoms with Gasteiger partial charge in [-0.1, -0.05) is 41.4 Å². The van der Waals surface area contributed by atoms with E-state index >= 15 is 0 Å². The maximum absolute atomic E-state index is 13.5. The van der Waals surface area contributed by atoms with E-state index in [2.05, 4.69) is 5.32 Å². The number of amides is 2. The molecule has 168 valence electrons. The first kappa shape index (κ1) is 22.4. The fraction of sp³-hybridized carbons (Fsp3) is 0.154. The summed E-state index contributed by atoms with van der Waals surface area (Å²) in [5, 5.41) is 3.45. The molecule has 0 atom stereocenters. The molecule has 0 aliphatic carbocycles. The number of anilines is 2. The van der Waals surface area contributed by atoms with E-state index in [-0.39, 0.29) is 5.70 Å². The number of rotatable bonds is 7. The van der Waals surface area contributed by atoms with Crippen LogP contribution in [0, 0.1) is 6.92 Å². The first-order chi connectivity index (χ1) is 15.9.